The van der Waals surface area contributed by atoms with Gasteiger partial charge in [-0.05, 0) is 112 Å². The lowest BCUT2D eigenvalue weighted by atomic mass is 9.91. The quantitative estimate of drug-likeness (QED) is 0.228. The molecule has 0 unspecified atom stereocenters. The van der Waals surface area contributed by atoms with E-state index in [2.05, 4.69) is 40.2 Å². The molecule has 4 aromatic rings. The van der Waals surface area contributed by atoms with E-state index in [-0.39, 0.29) is 18.0 Å². The van der Waals surface area contributed by atoms with Gasteiger partial charge in [-0.3, -0.25) is 0 Å². The summed E-state index contributed by atoms with van der Waals surface area (Å²) in [6.07, 6.45) is 10.7. The molecule has 210 valence electrons. The van der Waals surface area contributed by atoms with E-state index >= 15 is 0 Å². The molecule has 1 aromatic heterocycles. The predicted octanol–water partition coefficient (Wildman–Crippen LogP) is 8.05. The Hall–Kier alpha value is -3.35. The first-order valence-corrected chi connectivity index (χ1v) is 14.5. The zero-order chi connectivity index (χ0) is 26.6. The molecule has 1 aliphatic heterocycles. The van der Waals surface area contributed by atoms with Gasteiger partial charge in [0.2, 0.25) is 0 Å². The standard InChI is InChI=1S/C33H37N3O3.ClH/c37-33(38)26-14-17-30-29(22-26)35-32(36(30)27-7-2-1-3-8-27)25-12-15-28(16-13-25)39-31-9-5-4-6-24(31)11-10-23-18-20-34-21-19-23;/h4-6,9,12-17,22-23,27,34H,1-3,7-8,10-11,18-21H2,(H,37,38);1H. The van der Waals surface area contributed by atoms with Crippen molar-refractivity contribution in [2.45, 2.75) is 63.8 Å². The van der Waals surface area contributed by atoms with Crippen LogP contribution in [0.4, 0.5) is 0 Å². The maximum Gasteiger partial charge on any atom is 0.335 e. The Morgan fingerprint density at radius 2 is 1.70 bits per heavy atom. The van der Waals surface area contributed by atoms with Crippen LogP contribution in [-0.4, -0.2) is 33.7 Å². The molecule has 0 bridgehead atoms. The molecule has 6 nitrogen and oxygen atoms in total. The topological polar surface area (TPSA) is 76.4 Å². The van der Waals surface area contributed by atoms with E-state index in [4.69, 9.17) is 9.72 Å². The highest BCUT2D eigenvalue weighted by atomic mass is 35.5. The van der Waals surface area contributed by atoms with Gasteiger partial charge < -0.3 is 19.7 Å². The SMILES string of the molecule is Cl.O=C(O)c1ccc2c(c1)nc(-c1ccc(Oc3ccccc3CCC3CCNCC3)cc1)n2C1CCCCC1. The van der Waals surface area contributed by atoms with Crippen LogP contribution >= 0.6 is 12.4 Å². The molecule has 2 fully saturated rings. The van der Waals surface area contributed by atoms with Gasteiger partial charge in [-0.15, -0.1) is 12.4 Å². The number of para-hydroxylation sites is 1. The molecule has 2 aliphatic rings. The maximum absolute atomic E-state index is 11.6. The normalized spacial score (nSPS) is 16.5. The number of aromatic nitrogens is 2. The van der Waals surface area contributed by atoms with Gasteiger partial charge in [-0.1, -0.05) is 37.5 Å². The summed E-state index contributed by atoms with van der Waals surface area (Å²) >= 11 is 0. The number of aromatic carboxylic acids is 1. The van der Waals surface area contributed by atoms with Gasteiger partial charge in [0.15, 0.2) is 0 Å². The Morgan fingerprint density at radius 3 is 2.45 bits per heavy atom. The number of nitrogens with zero attached hydrogens (tertiary/aromatic N) is 2. The third-order valence-electron chi connectivity index (χ3n) is 8.47. The first-order valence-electron chi connectivity index (χ1n) is 14.5. The fourth-order valence-electron chi connectivity index (χ4n) is 6.28. The maximum atomic E-state index is 11.6. The van der Waals surface area contributed by atoms with E-state index in [0.29, 0.717) is 6.04 Å². The fraction of sp³-hybridized carbons (Fsp3) is 0.394. The summed E-state index contributed by atoms with van der Waals surface area (Å²) in [5, 5.41) is 13.0. The molecule has 1 saturated heterocycles. The first kappa shape index (κ1) is 28.2. The predicted molar refractivity (Wildman–Crippen MR) is 162 cm³/mol. The average molecular weight is 560 g/mol. The van der Waals surface area contributed by atoms with Crippen LogP contribution in [0.1, 0.15) is 73.3 Å². The lowest BCUT2D eigenvalue weighted by Crippen LogP contribution is -2.27. The number of benzene rings is 3. The van der Waals surface area contributed by atoms with Crippen LogP contribution in [0.25, 0.3) is 22.4 Å². The molecule has 3 aromatic carbocycles. The van der Waals surface area contributed by atoms with Crippen LogP contribution in [0.15, 0.2) is 66.7 Å². The van der Waals surface area contributed by atoms with Gasteiger partial charge in [-0.25, -0.2) is 9.78 Å². The van der Waals surface area contributed by atoms with Crippen molar-refractivity contribution in [1.82, 2.24) is 14.9 Å². The number of carbonyl (C=O) groups is 1. The van der Waals surface area contributed by atoms with E-state index in [9.17, 15) is 9.90 Å². The second kappa shape index (κ2) is 12.9. The molecule has 0 spiro atoms. The molecule has 2 heterocycles. The van der Waals surface area contributed by atoms with Crippen molar-refractivity contribution in [3.05, 3.63) is 77.9 Å². The highest BCUT2D eigenvalue weighted by molar-refractivity contribution is 5.93. The molecule has 7 heteroatoms. The Kier molecular flexibility index (Phi) is 9.08. The number of carboxylic acid groups (broad SMARTS) is 1. The highest BCUT2D eigenvalue weighted by Crippen LogP contribution is 2.37. The van der Waals surface area contributed by atoms with Gasteiger partial charge in [0.25, 0.3) is 0 Å². The summed E-state index contributed by atoms with van der Waals surface area (Å²) in [5.41, 5.74) is 4.28. The molecule has 0 atom stereocenters. The number of hydrogen-bond donors (Lipinski definition) is 2. The van der Waals surface area contributed by atoms with E-state index in [1.807, 2.05) is 24.3 Å². The monoisotopic (exact) mass is 559 g/mol. The molecule has 0 radical (unpaired) electrons. The summed E-state index contributed by atoms with van der Waals surface area (Å²) in [6.45, 7) is 2.26. The number of fused-ring (bicyclic) bond motifs is 1. The van der Waals surface area contributed by atoms with E-state index in [1.54, 1.807) is 12.1 Å². The second-order valence-electron chi connectivity index (χ2n) is 11.1. The summed E-state index contributed by atoms with van der Waals surface area (Å²) in [7, 11) is 0. The van der Waals surface area contributed by atoms with Gasteiger partial charge in [0.05, 0.1) is 16.6 Å². The van der Waals surface area contributed by atoms with Crippen LogP contribution in [0.2, 0.25) is 0 Å². The minimum Gasteiger partial charge on any atom is -0.478 e. The second-order valence-corrected chi connectivity index (χ2v) is 11.1. The van der Waals surface area contributed by atoms with Crippen molar-refractivity contribution < 1.29 is 14.6 Å². The van der Waals surface area contributed by atoms with Crippen LogP contribution < -0.4 is 10.1 Å². The number of aryl methyl sites for hydroxylation is 1. The van der Waals surface area contributed by atoms with Crippen LogP contribution in [0, 0.1) is 5.92 Å². The van der Waals surface area contributed by atoms with Crippen molar-refractivity contribution >= 4 is 29.4 Å². The number of imidazole rings is 1. The van der Waals surface area contributed by atoms with Crippen LogP contribution in [0.3, 0.4) is 0 Å². The number of ether oxygens (including phenoxy) is 1. The van der Waals surface area contributed by atoms with E-state index in [0.717, 1.165) is 72.2 Å². The summed E-state index contributed by atoms with van der Waals surface area (Å²) in [5.74, 6) is 2.49. The third kappa shape index (κ3) is 6.18. The first-order chi connectivity index (χ1) is 19.2. The van der Waals surface area contributed by atoms with Crippen LogP contribution in [0.5, 0.6) is 11.5 Å². The van der Waals surface area contributed by atoms with Crippen molar-refractivity contribution in [3.8, 4) is 22.9 Å². The molecule has 1 aliphatic carbocycles. The highest BCUT2D eigenvalue weighted by Gasteiger charge is 2.23. The van der Waals surface area contributed by atoms with Crippen molar-refractivity contribution in [1.29, 1.82) is 0 Å². The van der Waals surface area contributed by atoms with Gasteiger partial charge in [0.1, 0.15) is 17.3 Å². The Balaban J connectivity index is 0.00000323. The molecule has 0 amide bonds. The summed E-state index contributed by atoms with van der Waals surface area (Å²) in [6, 6.07) is 22.2. The molecule has 40 heavy (non-hydrogen) atoms. The number of piperidine rings is 1. The number of hydrogen-bond acceptors (Lipinski definition) is 4. The van der Waals surface area contributed by atoms with Gasteiger partial charge in [0, 0.05) is 11.6 Å². The minimum atomic E-state index is -0.928. The molecule has 2 N–H and O–H groups in total. The van der Waals surface area contributed by atoms with Crippen molar-refractivity contribution in [2.75, 3.05) is 13.1 Å². The van der Waals surface area contributed by atoms with Crippen molar-refractivity contribution in [2.24, 2.45) is 5.92 Å². The van der Waals surface area contributed by atoms with Crippen molar-refractivity contribution in [3.63, 3.8) is 0 Å². The zero-order valence-corrected chi connectivity index (χ0v) is 23.7. The summed E-state index contributed by atoms with van der Waals surface area (Å²) in [4.78, 5) is 16.5. The number of rotatable bonds is 8. The Morgan fingerprint density at radius 1 is 0.950 bits per heavy atom. The number of halogens is 1. The van der Waals surface area contributed by atoms with Gasteiger partial charge >= 0.3 is 5.97 Å². The van der Waals surface area contributed by atoms with E-state index in [1.165, 1.54) is 44.1 Å². The largest absolute Gasteiger partial charge is 0.478 e. The Bertz CT molecular complexity index is 1440. The lowest BCUT2D eigenvalue weighted by molar-refractivity contribution is 0.0697. The van der Waals surface area contributed by atoms with E-state index < -0.39 is 5.97 Å². The molecular formula is C33H38ClN3O3. The van der Waals surface area contributed by atoms with Gasteiger partial charge in [-0.2, -0.15) is 0 Å². The van der Waals surface area contributed by atoms with Crippen LogP contribution in [-0.2, 0) is 6.42 Å². The molecule has 1 saturated carbocycles. The summed E-state index contributed by atoms with van der Waals surface area (Å²) < 4.78 is 8.72. The number of carboxylic acids is 1. The fourth-order valence-corrected chi connectivity index (χ4v) is 6.28. The Labute approximate surface area is 242 Å². The molecule has 6 rings (SSSR count). The third-order valence-corrected chi connectivity index (χ3v) is 8.47. The lowest BCUT2D eigenvalue weighted by Gasteiger charge is -2.25. The number of nitrogens with one attached hydrogen (secondary N) is 1. The smallest absolute Gasteiger partial charge is 0.335 e. The zero-order valence-electron chi connectivity index (χ0n) is 22.9. The minimum absolute atomic E-state index is 0. The average Bonchev–Trinajstić information content (AvgIpc) is 3.37. The molecular weight excluding hydrogens is 522 g/mol.